The van der Waals surface area contributed by atoms with Crippen molar-refractivity contribution >= 4 is 29.7 Å². The molecule has 1 rings (SSSR count). The van der Waals surface area contributed by atoms with Gasteiger partial charge in [-0.3, -0.25) is 10.1 Å². The zero-order chi connectivity index (χ0) is 16.4. The summed E-state index contributed by atoms with van der Waals surface area (Å²) in [7, 11) is 0. The molecule has 0 bridgehead atoms. The quantitative estimate of drug-likeness (QED) is 0.747. The minimum absolute atomic E-state index is 0.237. The van der Waals surface area contributed by atoms with E-state index < -0.39 is 23.9 Å². The molecule has 22 heavy (non-hydrogen) atoms. The van der Waals surface area contributed by atoms with Gasteiger partial charge in [-0.25, -0.2) is 9.59 Å². The summed E-state index contributed by atoms with van der Waals surface area (Å²) in [5.41, 5.74) is 0.370. The van der Waals surface area contributed by atoms with E-state index in [1.54, 1.807) is 49.0 Å². The van der Waals surface area contributed by atoms with Crippen LogP contribution in [-0.4, -0.2) is 42.6 Å². The highest BCUT2D eigenvalue weighted by Gasteiger charge is 2.22. The summed E-state index contributed by atoms with van der Waals surface area (Å²) < 4.78 is 4.92. The van der Waals surface area contributed by atoms with Gasteiger partial charge in [0.05, 0.1) is 6.61 Å². The first-order valence-corrected chi connectivity index (χ1v) is 8.30. The fourth-order valence-electron chi connectivity index (χ4n) is 1.69. The van der Waals surface area contributed by atoms with Gasteiger partial charge in [-0.2, -0.15) is 11.8 Å². The van der Waals surface area contributed by atoms with Gasteiger partial charge in [-0.15, -0.1) is 0 Å². The van der Waals surface area contributed by atoms with Crippen molar-refractivity contribution in [2.24, 2.45) is 0 Å². The summed E-state index contributed by atoms with van der Waals surface area (Å²) in [6, 6.07) is 6.89. The van der Waals surface area contributed by atoms with Crippen molar-refractivity contribution in [2.45, 2.75) is 19.4 Å². The van der Waals surface area contributed by atoms with Crippen LogP contribution in [-0.2, 0) is 9.53 Å². The van der Waals surface area contributed by atoms with Crippen LogP contribution in [0.1, 0.15) is 23.7 Å². The van der Waals surface area contributed by atoms with E-state index in [-0.39, 0.29) is 6.61 Å². The Kier molecular flexibility index (Phi) is 8.06. The van der Waals surface area contributed by atoms with Crippen molar-refractivity contribution in [3.05, 3.63) is 35.9 Å². The summed E-state index contributed by atoms with van der Waals surface area (Å²) in [4.78, 5) is 35.5. The molecule has 0 fully saturated rings. The van der Waals surface area contributed by atoms with E-state index in [1.165, 1.54) is 0 Å². The Morgan fingerprint density at radius 1 is 1.23 bits per heavy atom. The Morgan fingerprint density at radius 2 is 1.91 bits per heavy atom. The molecule has 1 atom stereocenters. The zero-order valence-electron chi connectivity index (χ0n) is 12.6. The first kappa shape index (κ1) is 18.0. The minimum atomic E-state index is -0.768. The predicted octanol–water partition coefficient (Wildman–Crippen LogP) is 1.81. The Morgan fingerprint density at radius 3 is 2.50 bits per heavy atom. The average molecular weight is 324 g/mol. The highest BCUT2D eigenvalue weighted by molar-refractivity contribution is 7.98. The molecule has 0 saturated heterocycles. The third kappa shape index (κ3) is 6.17. The van der Waals surface area contributed by atoms with Crippen molar-refractivity contribution in [3.8, 4) is 0 Å². The molecule has 1 aromatic rings. The lowest BCUT2D eigenvalue weighted by atomic mass is 10.2. The molecule has 1 unspecified atom stereocenters. The minimum Gasteiger partial charge on any atom is -0.464 e. The summed E-state index contributed by atoms with van der Waals surface area (Å²) in [5, 5.41) is 4.67. The Hall–Kier alpha value is -2.02. The maximum Gasteiger partial charge on any atom is 0.328 e. The number of hydrogen-bond acceptors (Lipinski definition) is 5. The van der Waals surface area contributed by atoms with Gasteiger partial charge in [0, 0.05) is 5.56 Å². The monoisotopic (exact) mass is 324 g/mol. The van der Waals surface area contributed by atoms with Crippen LogP contribution in [0.15, 0.2) is 30.3 Å². The molecule has 0 spiro atoms. The van der Waals surface area contributed by atoms with Crippen LogP contribution in [0, 0.1) is 0 Å². The third-order valence-corrected chi connectivity index (χ3v) is 3.39. The molecule has 0 radical (unpaired) electrons. The molecule has 0 aromatic heterocycles. The van der Waals surface area contributed by atoms with E-state index in [2.05, 4.69) is 10.6 Å². The van der Waals surface area contributed by atoms with Gasteiger partial charge in [0.1, 0.15) is 6.04 Å². The molecule has 0 aliphatic heterocycles. The Balaban J connectivity index is 2.58. The smallest absolute Gasteiger partial charge is 0.328 e. The first-order valence-electron chi connectivity index (χ1n) is 6.91. The molecule has 7 heteroatoms. The summed E-state index contributed by atoms with van der Waals surface area (Å²) in [5.74, 6) is -0.333. The number of benzene rings is 1. The van der Waals surface area contributed by atoms with E-state index in [0.717, 1.165) is 0 Å². The molecule has 0 heterocycles. The zero-order valence-corrected chi connectivity index (χ0v) is 13.4. The van der Waals surface area contributed by atoms with Gasteiger partial charge in [0.2, 0.25) is 0 Å². The average Bonchev–Trinajstić information content (AvgIpc) is 2.52. The number of thioether (sulfide) groups is 1. The third-order valence-electron chi connectivity index (χ3n) is 2.75. The number of nitrogens with one attached hydrogen (secondary N) is 2. The second-order valence-electron chi connectivity index (χ2n) is 4.38. The normalized spacial score (nSPS) is 11.4. The lowest BCUT2D eigenvalue weighted by molar-refractivity contribution is -0.145. The highest BCUT2D eigenvalue weighted by Crippen LogP contribution is 2.03. The van der Waals surface area contributed by atoms with Crippen molar-refractivity contribution in [1.82, 2.24) is 10.6 Å². The molecule has 0 aliphatic rings. The van der Waals surface area contributed by atoms with Crippen molar-refractivity contribution in [3.63, 3.8) is 0 Å². The standard InChI is InChI=1S/C15H20N2O4S/c1-3-21-14(19)12(9-10-22-2)16-15(20)17-13(18)11-7-5-4-6-8-11/h4-8,12H,3,9-10H2,1-2H3,(H2,16,17,18,20). The molecular formula is C15H20N2O4S. The molecule has 1 aromatic carbocycles. The van der Waals surface area contributed by atoms with Crippen molar-refractivity contribution < 1.29 is 19.1 Å². The molecule has 0 saturated carbocycles. The van der Waals surface area contributed by atoms with Gasteiger partial charge in [0.25, 0.3) is 5.91 Å². The second-order valence-corrected chi connectivity index (χ2v) is 5.37. The van der Waals surface area contributed by atoms with E-state index in [0.29, 0.717) is 17.7 Å². The maximum absolute atomic E-state index is 11.9. The lowest BCUT2D eigenvalue weighted by Crippen LogP contribution is -2.48. The van der Waals surface area contributed by atoms with Gasteiger partial charge in [-0.05, 0) is 37.5 Å². The number of esters is 1. The number of hydrogen-bond donors (Lipinski definition) is 2. The Bertz CT molecular complexity index is 508. The van der Waals surface area contributed by atoms with Crippen LogP contribution in [0.3, 0.4) is 0 Å². The fraction of sp³-hybridized carbons (Fsp3) is 0.400. The molecule has 3 amide bonds. The van der Waals surface area contributed by atoms with E-state index in [9.17, 15) is 14.4 Å². The highest BCUT2D eigenvalue weighted by atomic mass is 32.2. The number of carbonyl (C=O) groups is 3. The first-order chi connectivity index (χ1) is 10.6. The number of rotatable bonds is 7. The maximum atomic E-state index is 11.9. The summed E-state index contributed by atoms with van der Waals surface area (Å²) in [6.45, 7) is 1.93. The predicted molar refractivity (Wildman–Crippen MR) is 85.9 cm³/mol. The van der Waals surface area contributed by atoms with Gasteiger partial charge < -0.3 is 10.1 Å². The fourth-order valence-corrected chi connectivity index (χ4v) is 2.16. The van der Waals surface area contributed by atoms with Crippen LogP contribution in [0.2, 0.25) is 0 Å². The van der Waals surface area contributed by atoms with E-state index in [1.807, 2.05) is 6.26 Å². The van der Waals surface area contributed by atoms with Crippen molar-refractivity contribution in [2.75, 3.05) is 18.6 Å². The van der Waals surface area contributed by atoms with Gasteiger partial charge in [0.15, 0.2) is 0 Å². The largest absolute Gasteiger partial charge is 0.464 e. The van der Waals surface area contributed by atoms with E-state index in [4.69, 9.17) is 4.74 Å². The number of imide groups is 1. The Labute approximate surface area is 134 Å². The lowest BCUT2D eigenvalue weighted by Gasteiger charge is -2.17. The molecule has 0 aliphatic carbocycles. The van der Waals surface area contributed by atoms with Crippen LogP contribution in [0.25, 0.3) is 0 Å². The second kappa shape index (κ2) is 9.83. The number of amides is 3. The van der Waals surface area contributed by atoms with Gasteiger partial charge >= 0.3 is 12.0 Å². The summed E-state index contributed by atoms with van der Waals surface area (Å²) >= 11 is 1.56. The van der Waals surface area contributed by atoms with Crippen LogP contribution in [0.5, 0.6) is 0 Å². The molecule has 2 N–H and O–H groups in total. The number of carbonyl (C=O) groups excluding carboxylic acids is 3. The van der Waals surface area contributed by atoms with Crippen LogP contribution < -0.4 is 10.6 Å². The molecular weight excluding hydrogens is 304 g/mol. The van der Waals surface area contributed by atoms with Gasteiger partial charge in [-0.1, -0.05) is 18.2 Å². The van der Waals surface area contributed by atoms with Crippen LogP contribution >= 0.6 is 11.8 Å². The summed E-state index contributed by atoms with van der Waals surface area (Å²) in [6.07, 6.45) is 2.34. The molecule has 6 nitrogen and oxygen atoms in total. The topological polar surface area (TPSA) is 84.5 Å². The molecule has 120 valence electrons. The number of urea groups is 1. The van der Waals surface area contributed by atoms with Crippen LogP contribution in [0.4, 0.5) is 4.79 Å². The SMILES string of the molecule is CCOC(=O)C(CCSC)NC(=O)NC(=O)c1ccccc1. The van der Waals surface area contributed by atoms with E-state index >= 15 is 0 Å². The van der Waals surface area contributed by atoms with Crippen molar-refractivity contribution in [1.29, 1.82) is 0 Å². The number of ether oxygens (including phenoxy) is 1.